The first-order chi connectivity index (χ1) is 11.7. The summed E-state index contributed by atoms with van der Waals surface area (Å²) in [6.45, 7) is 0.205. The molecular weight excluding hydrogens is 344 g/mol. The van der Waals surface area contributed by atoms with Gasteiger partial charge in [-0.15, -0.1) is 0 Å². The molecule has 25 heavy (non-hydrogen) atoms. The van der Waals surface area contributed by atoms with Crippen LogP contribution in [0.4, 0.5) is 5.69 Å². The van der Waals surface area contributed by atoms with Crippen molar-refractivity contribution in [2.45, 2.75) is 12.3 Å². The van der Waals surface area contributed by atoms with Crippen LogP contribution in [-0.2, 0) is 22.1 Å². The molecule has 0 radical (unpaired) electrons. The van der Waals surface area contributed by atoms with Crippen molar-refractivity contribution in [1.82, 2.24) is 4.90 Å². The van der Waals surface area contributed by atoms with Crippen molar-refractivity contribution in [1.29, 1.82) is 0 Å². The van der Waals surface area contributed by atoms with Crippen LogP contribution in [0.2, 0.25) is 0 Å². The highest BCUT2D eigenvalue weighted by Crippen LogP contribution is 2.16. The van der Waals surface area contributed by atoms with Gasteiger partial charge in [0.1, 0.15) is 0 Å². The Bertz CT molecular complexity index is 909. The van der Waals surface area contributed by atoms with Gasteiger partial charge in [-0.3, -0.25) is 14.9 Å². The first-order valence-electron chi connectivity index (χ1n) is 7.41. The van der Waals surface area contributed by atoms with Gasteiger partial charge < -0.3 is 4.90 Å². The van der Waals surface area contributed by atoms with E-state index in [9.17, 15) is 23.3 Å². The molecule has 0 aliphatic rings. The number of sulfone groups is 1. The smallest absolute Gasteiger partial charge is 0.269 e. The van der Waals surface area contributed by atoms with E-state index in [1.54, 1.807) is 43.4 Å². The number of rotatable bonds is 6. The van der Waals surface area contributed by atoms with Crippen LogP contribution in [0.3, 0.4) is 0 Å². The van der Waals surface area contributed by atoms with Crippen LogP contribution in [0.5, 0.6) is 0 Å². The number of non-ortho nitro benzene ring substituents is 1. The predicted octanol–water partition coefficient (Wildman–Crippen LogP) is 2.41. The Morgan fingerprint density at radius 3 is 2.40 bits per heavy atom. The average molecular weight is 362 g/mol. The van der Waals surface area contributed by atoms with E-state index in [1.165, 1.54) is 17.0 Å². The van der Waals surface area contributed by atoms with Crippen LogP contribution >= 0.6 is 0 Å². The Kier molecular flexibility index (Phi) is 5.53. The number of hydrogen-bond donors (Lipinski definition) is 0. The van der Waals surface area contributed by atoms with Crippen molar-refractivity contribution < 1.29 is 18.1 Å². The lowest BCUT2D eigenvalue weighted by molar-refractivity contribution is -0.384. The van der Waals surface area contributed by atoms with Gasteiger partial charge >= 0.3 is 0 Å². The summed E-state index contributed by atoms with van der Waals surface area (Å²) in [4.78, 5) is 24.3. The van der Waals surface area contributed by atoms with Crippen molar-refractivity contribution in [3.63, 3.8) is 0 Å². The summed E-state index contributed by atoms with van der Waals surface area (Å²) >= 11 is 0. The van der Waals surface area contributed by atoms with E-state index in [1.807, 2.05) is 0 Å². The molecule has 7 nitrogen and oxygen atoms in total. The van der Waals surface area contributed by atoms with E-state index in [0.29, 0.717) is 16.7 Å². The van der Waals surface area contributed by atoms with Gasteiger partial charge in [-0.1, -0.05) is 24.3 Å². The number of amides is 1. The number of benzene rings is 2. The first-order valence-corrected chi connectivity index (χ1v) is 9.47. The molecule has 8 heteroatoms. The maximum atomic E-state index is 12.5. The van der Waals surface area contributed by atoms with Gasteiger partial charge in [0.15, 0.2) is 9.84 Å². The Morgan fingerprint density at radius 1 is 1.12 bits per heavy atom. The van der Waals surface area contributed by atoms with Gasteiger partial charge in [0.2, 0.25) is 0 Å². The highest BCUT2D eigenvalue weighted by Gasteiger charge is 2.15. The van der Waals surface area contributed by atoms with E-state index in [0.717, 1.165) is 6.26 Å². The van der Waals surface area contributed by atoms with E-state index in [2.05, 4.69) is 0 Å². The largest absolute Gasteiger partial charge is 0.337 e. The molecule has 132 valence electrons. The summed E-state index contributed by atoms with van der Waals surface area (Å²) in [7, 11) is -1.60. The van der Waals surface area contributed by atoms with E-state index in [-0.39, 0.29) is 23.9 Å². The minimum atomic E-state index is -3.19. The van der Waals surface area contributed by atoms with Crippen LogP contribution in [-0.4, -0.2) is 37.5 Å². The van der Waals surface area contributed by atoms with Gasteiger partial charge in [0.05, 0.1) is 10.7 Å². The average Bonchev–Trinajstić information content (AvgIpc) is 2.53. The molecule has 0 saturated carbocycles. The molecule has 0 aromatic heterocycles. The third kappa shape index (κ3) is 5.39. The van der Waals surface area contributed by atoms with Crippen molar-refractivity contribution in [2.75, 3.05) is 13.3 Å². The monoisotopic (exact) mass is 362 g/mol. The maximum absolute atomic E-state index is 12.5. The maximum Gasteiger partial charge on any atom is 0.269 e. The zero-order chi connectivity index (χ0) is 18.6. The summed E-state index contributed by atoms with van der Waals surface area (Å²) in [5.41, 5.74) is 1.51. The third-order valence-corrected chi connectivity index (χ3v) is 4.35. The number of nitro benzene ring substituents is 1. The van der Waals surface area contributed by atoms with Gasteiger partial charge in [-0.05, 0) is 23.3 Å². The number of carbonyl (C=O) groups excluding carboxylic acids is 1. The van der Waals surface area contributed by atoms with E-state index < -0.39 is 14.8 Å². The Morgan fingerprint density at radius 2 is 1.76 bits per heavy atom. The SMILES string of the molecule is CN(Cc1cccc([N+](=O)[O-])c1)C(=O)c1cccc(CS(C)(=O)=O)c1. The van der Waals surface area contributed by atoms with Crippen LogP contribution in [0.15, 0.2) is 48.5 Å². The molecule has 0 saturated heterocycles. The van der Waals surface area contributed by atoms with Gasteiger partial charge in [-0.25, -0.2) is 8.42 Å². The molecule has 0 atom stereocenters. The fourth-order valence-electron chi connectivity index (χ4n) is 2.43. The van der Waals surface area contributed by atoms with Crippen molar-refractivity contribution in [3.05, 3.63) is 75.3 Å². The highest BCUT2D eigenvalue weighted by molar-refractivity contribution is 7.89. The molecule has 0 aliphatic heterocycles. The van der Waals surface area contributed by atoms with Crippen LogP contribution in [0.25, 0.3) is 0 Å². The molecule has 0 N–H and O–H groups in total. The molecular formula is C17H18N2O5S. The predicted molar refractivity (Wildman–Crippen MR) is 93.9 cm³/mol. The van der Waals surface area contributed by atoms with Gasteiger partial charge in [0, 0.05) is 37.5 Å². The second-order valence-electron chi connectivity index (χ2n) is 5.86. The zero-order valence-electron chi connectivity index (χ0n) is 13.9. The molecule has 0 heterocycles. The first kappa shape index (κ1) is 18.6. The van der Waals surface area contributed by atoms with E-state index in [4.69, 9.17) is 0 Å². The second kappa shape index (κ2) is 7.43. The van der Waals surface area contributed by atoms with Crippen molar-refractivity contribution in [3.8, 4) is 0 Å². The number of hydrogen-bond acceptors (Lipinski definition) is 5. The normalized spacial score (nSPS) is 11.1. The molecule has 1 amide bonds. The summed E-state index contributed by atoms with van der Waals surface area (Å²) < 4.78 is 22.8. The summed E-state index contributed by atoms with van der Waals surface area (Å²) in [6, 6.07) is 12.5. The molecule has 2 aromatic rings. The lowest BCUT2D eigenvalue weighted by Gasteiger charge is -2.17. The Balaban J connectivity index is 2.16. The summed E-state index contributed by atoms with van der Waals surface area (Å²) in [5.74, 6) is -0.426. The number of nitrogens with zero attached hydrogens (tertiary/aromatic N) is 2. The van der Waals surface area contributed by atoms with Gasteiger partial charge in [-0.2, -0.15) is 0 Å². The Hall–Kier alpha value is -2.74. The molecule has 0 aliphatic carbocycles. The molecule has 0 fully saturated rings. The molecule has 2 rings (SSSR count). The zero-order valence-corrected chi connectivity index (χ0v) is 14.7. The Labute approximate surface area is 146 Å². The molecule has 0 spiro atoms. The molecule has 2 aromatic carbocycles. The lowest BCUT2D eigenvalue weighted by Crippen LogP contribution is -2.26. The topological polar surface area (TPSA) is 97.6 Å². The standard InChI is InChI=1S/C17H18N2O5S/c1-18(11-13-5-4-8-16(10-13)19(21)22)17(20)15-7-3-6-14(9-15)12-25(2,23)24/h3-10H,11-12H2,1-2H3. The molecule has 0 unspecified atom stereocenters. The fraction of sp³-hybridized carbons (Fsp3) is 0.235. The minimum Gasteiger partial charge on any atom is -0.337 e. The summed E-state index contributed by atoms with van der Waals surface area (Å²) in [5, 5.41) is 10.8. The lowest BCUT2D eigenvalue weighted by atomic mass is 10.1. The van der Waals surface area contributed by atoms with E-state index >= 15 is 0 Å². The second-order valence-corrected chi connectivity index (χ2v) is 8.00. The number of carbonyl (C=O) groups is 1. The fourth-order valence-corrected chi connectivity index (χ4v) is 3.22. The highest BCUT2D eigenvalue weighted by atomic mass is 32.2. The van der Waals surface area contributed by atoms with Crippen molar-refractivity contribution >= 4 is 21.4 Å². The van der Waals surface area contributed by atoms with Crippen LogP contribution in [0.1, 0.15) is 21.5 Å². The summed E-state index contributed by atoms with van der Waals surface area (Å²) in [6.07, 6.45) is 1.13. The van der Waals surface area contributed by atoms with Crippen LogP contribution < -0.4 is 0 Å². The quantitative estimate of drug-likeness (QED) is 0.580. The third-order valence-electron chi connectivity index (χ3n) is 3.49. The van der Waals surface area contributed by atoms with Gasteiger partial charge in [0.25, 0.3) is 11.6 Å². The number of nitro groups is 1. The molecule has 0 bridgehead atoms. The van der Waals surface area contributed by atoms with Crippen LogP contribution in [0, 0.1) is 10.1 Å². The minimum absolute atomic E-state index is 0.0338. The van der Waals surface area contributed by atoms with Crippen molar-refractivity contribution in [2.24, 2.45) is 0 Å².